The molecule has 0 aliphatic carbocycles. The molecule has 0 bridgehead atoms. The molecule has 0 saturated heterocycles. The van der Waals surface area contributed by atoms with Crippen LogP contribution in [0.3, 0.4) is 0 Å². The average Bonchev–Trinajstić information content (AvgIpc) is 2.97. The predicted octanol–water partition coefficient (Wildman–Crippen LogP) is 1.90. The number of furan rings is 1. The van der Waals surface area contributed by atoms with Gasteiger partial charge in [0.1, 0.15) is 5.76 Å². The SMILES string of the molecule is O=[N+]([O-])c1ccc(S(=O)(=O)/N=C/c2ccco2)c([N+](=O)[O-])c1. The molecule has 0 aliphatic heterocycles. The lowest BCUT2D eigenvalue weighted by Crippen LogP contribution is -2.03. The Labute approximate surface area is 123 Å². The number of hydrogen-bond donors (Lipinski definition) is 0. The van der Waals surface area contributed by atoms with Crippen molar-refractivity contribution in [2.24, 2.45) is 4.40 Å². The van der Waals surface area contributed by atoms with E-state index in [1.807, 2.05) is 0 Å². The highest BCUT2D eigenvalue weighted by molar-refractivity contribution is 7.90. The molecule has 10 nitrogen and oxygen atoms in total. The van der Waals surface area contributed by atoms with Crippen LogP contribution >= 0.6 is 0 Å². The second kappa shape index (κ2) is 5.73. The van der Waals surface area contributed by atoms with Gasteiger partial charge in [0.05, 0.1) is 28.4 Å². The third-order valence-electron chi connectivity index (χ3n) is 2.49. The van der Waals surface area contributed by atoms with Crippen molar-refractivity contribution in [1.29, 1.82) is 0 Å². The van der Waals surface area contributed by atoms with Gasteiger partial charge >= 0.3 is 0 Å². The third-order valence-corrected chi connectivity index (χ3v) is 3.77. The molecule has 0 radical (unpaired) electrons. The second-order valence-corrected chi connectivity index (χ2v) is 5.49. The summed E-state index contributed by atoms with van der Waals surface area (Å²) in [4.78, 5) is 18.9. The number of nitrogens with zero attached hydrogens (tertiary/aromatic N) is 3. The van der Waals surface area contributed by atoms with Gasteiger partial charge in [-0.15, -0.1) is 0 Å². The topological polar surface area (TPSA) is 146 Å². The quantitative estimate of drug-likeness (QED) is 0.463. The van der Waals surface area contributed by atoms with Crippen molar-refractivity contribution in [2.75, 3.05) is 0 Å². The first-order chi connectivity index (χ1) is 10.3. The van der Waals surface area contributed by atoms with Gasteiger partial charge in [-0.1, -0.05) is 0 Å². The highest BCUT2D eigenvalue weighted by Crippen LogP contribution is 2.29. The lowest BCUT2D eigenvalue weighted by Gasteiger charge is -2.00. The molecule has 1 aromatic carbocycles. The molecule has 22 heavy (non-hydrogen) atoms. The van der Waals surface area contributed by atoms with Crippen LogP contribution in [-0.4, -0.2) is 24.5 Å². The van der Waals surface area contributed by atoms with E-state index >= 15 is 0 Å². The van der Waals surface area contributed by atoms with Gasteiger partial charge in [0.25, 0.3) is 21.4 Å². The summed E-state index contributed by atoms with van der Waals surface area (Å²) in [5, 5.41) is 21.5. The summed E-state index contributed by atoms with van der Waals surface area (Å²) in [6, 6.07) is 5.12. The Bertz CT molecular complexity index is 856. The van der Waals surface area contributed by atoms with Crippen LogP contribution in [-0.2, 0) is 10.0 Å². The third kappa shape index (κ3) is 3.15. The lowest BCUT2D eigenvalue weighted by molar-refractivity contribution is -0.396. The normalized spacial score (nSPS) is 11.6. The smallest absolute Gasteiger partial charge is 0.296 e. The molecular weight excluding hydrogens is 318 g/mol. The first-order valence-corrected chi connectivity index (χ1v) is 7.02. The maximum absolute atomic E-state index is 12.0. The van der Waals surface area contributed by atoms with Crippen LogP contribution in [0.1, 0.15) is 5.76 Å². The van der Waals surface area contributed by atoms with Crippen LogP contribution in [0.15, 0.2) is 50.3 Å². The summed E-state index contributed by atoms with van der Waals surface area (Å²) in [5.41, 5.74) is -1.52. The summed E-state index contributed by atoms with van der Waals surface area (Å²) in [6.07, 6.45) is 2.17. The molecule has 114 valence electrons. The van der Waals surface area contributed by atoms with E-state index in [1.54, 1.807) is 0 Å². The van der Waals surface area contributed by atoms with Crippen molar-refractivity contribution in [3.05, 3.63) is 62.6 Å². The van der Waals surface area contributed by atoms with Crippen molar-refractivity contribution in [3.63, 3.8) is 0 Å². The maximum atomic E-state index is 12.0. The van der Waals surface area contributed by atoms with E-state index in [4.69, 9.17) is 4.42 Å². The summed E-state index contributed by atoms with van der Waals surface area (Å²) in [5.74, 6) is 0.133. The number of sulfonamides is 1. The van der Waals surface area contributed by atoms with Crippen molar-refractivity contribution >= 4 is 27.6 Å². The predicted molar refractivity (Wildman–Crippen MR) is 73.2 cm³/mol. The fourth-order valence-electron chi connectivity index (χ4n) is 1.52. The molecule has 1 aromatic heterocycles. The first-order valence-electron chi connectivity index (χ1n) is 5.58. The molecule has 0 aliphatic rings. The number of nitro benzene ring substituents is 2. The number of rotatable bonds is 5. The van der Waals surface area contributed by atoms with Crippen molar-refractivity contribution < 1.29 is 22.7 Å². The van der Waals surface area contributed by atoms with E-state index in [1.165, 1.54) is 18.4 Å². The monoisotopic (exact) mass is 325 g/mol. The van der Waals surface area contributed by atoms with Crippen LogP contribution in [0.2, 0.25) is 0 Å². The van der Waals surface area contributed by atoms with Crippen LogP contribution in [0.4, 0.5) is 11.4 Å². The number of benzene rings is 1. The Hall–Kier alpha value is -3.08. The minimum Gasteiger partial charge on any atom is -0.463 e. The molecule has 0 atom stereocenters. The molecule has 0 spiro atoms. The Kier molecular flexibility index (Phi) is 3.99. The number of hydrogen-bond acceptors (Lipinski definition) is 7. The molecule has 0 amide bonds. The van der Waals surface area contributed by atoms with Gasteiger partial charge in [-0.3, -0.25) is 20.2 Å². The molecule has 11 heteroatoms. The second-order valence-electron chi connectivity index (χ2n) is 3.89. The minimum absolute atomic E-state index is 0.133. The van der Waals surface area contributed by atoms with Crippen LogP contribution in [0.5, 0.6) is 0 Å². The van der Waals surface area contributed by atoms with E-state index in [0.717, 1.165) is 18.3 Å². The molecule has 0 N–H and O–H groups in total. The molecule has 2 rings (SSSR count). The van der Waals surface area contributed by atoms with Crippen molar-refractivity contribution in [2.45, 2.75) is 4.90 Å². The van der Waals surface area contributed by atoms with Crippen molar-refractivity contribution in [3.8, 4) is 0 Å². The van der Waals surface area contributed by atoms with E-state index < -0.39 is 36.1 Å². The Balaban J connectivity index is 2.50. The Morgan fingerprint density at radius 3 is 2.41 bits per heavy atom. The standard InChI is InChI=1S/C11H7N3O7S/c15-13(16)8-3-4-11(10(6-8)14(17)18)22(19,20)12-7-9-2-1-5-21-9/h1-7H/b12-7+. The molecule has 1 heterocycles. The van der Waals surface area contributed by atoms with E-state index in [9.17, 15) is 28.6 Å². The summed E-state index contributed by atoms with van der Waals surface area (Å²) in [7, 11) is -4.41. The van der Waals surface area contributed by atoms with Gasteiger partial charge in [0, 0.05) is 6.07 Å². The lowest BCUT2D eigenvalue weighted by atomic mass is 10.3. The molecule has 0 fully saturated rings. The molecule has 0 saturated carbocycles. The van der Waals surface area contributed by atoms with Crippen molar-refractivity contribution in [1.82, 2.24) is 0 Å². The van der Waals surface area contributed by atoms with Gasteiger partial charge in [0.15, 0.2) is 4.90 Å². The largest absolute Gasteiger partial charge is 0.463 e. The minimum atomic E-state index is -4.41. The molecular formula is C11H7N3O7S. The average molecular weight is 325 g/mol. The first kappa shape index (κ1) is 15.3. The summed E-state index contributed by atoms with van der Waals surface area (Å²) < 4.78 is 32.2. The zero-order chi connectivity index (χ0) is 16.3. The highest BCUT2D eigenvalue weighted by atomic mass is 32.2. The fourth-order valence-corrected chi connectivity index (χ4v) is 2.52. The zero-order valence-electron chi connectivity index (χ0n) is 10.6. The van der Waals surface area contributed by atoms with E-state index in [-0.39, 0.29) is 5.76 Å². The maximum Gasteiger partial charge on any atom is 0.296 e. The van der Waals surface area contributed by atoms with Crippen LogP contribution in [0, 0.1) is 20.2 Å². The van der Waals surface area contributed by atoms with Crippen LogP contribution in [0.25, 0.3) is 0 Å². The molecule has 2 aromatic rings. The Morgan fingerprint density at radius 1 is 1.14 bits per heavy atom. The fraction of sp³-hybridized carbons (Fsp3) is 0. The zero-order valence-corrected chi connectivity index (χ0v) is 11.5. The number of non-ortho nitro benzene ring substituents is 1. The van der Waals surface area contributed by atoms with E-state index in [0.29, 0.717) is 6.07 Å². The summed E-state index contributed by atoms with van der Waals surface area (Å²) in [6.45, 7) is 0. The number of nitro groups is 2. The van der Waals surface area contributed by atoms with Gasteiger partial charge < -0.3 is 4.42 Å². The van der Waals surface area contributed by atoms with Gasteiger partial charge in [-0.05, 0) is 18.2 Å². The van der Waals surface area contributed by atoms with Gasteiger partial charge in [-0.25, -0.2) is 0 Å². The highest BCUT2D eigenvalue weighted by Gasteiger charge is 2.28. The van der Waals surface area contributed by atoms with Crippen LogP contribution < -0.4 is 0 Å². The Morgan fingerprint density at radius 2 is 1.86 bits per heavy atom. The van der Waals surface area contributed by atoms with Gasteiger partial charge in [0.2, 0.25) is 0 Å². The van der Waals surface area contributed by atoms with Gasteiger partial charge in [-0.2, -0.15) is 12.8 Å². The van der Waals surface area contributed by atoms with E-state index in [2.05, 4.69) is 4.40 Å². The summed E-state index contributed by atoms with van der Waals surface area (Å²) >= 11 is 0. The molecule has 0 unspecified atom stereocenters.